The molecule has 0 atom stereocenters. The molecule has 0 unspecified atom stereocenters. The Balaban J connectivity index is 1.56. The first-order chi connectivity index (χ1) is 16.0. The standard InChI is InChI=1S/C25H21Cl2N3O3/c1-32-18-8-9-20(24(12-18)33-2)25(31)29-28-13-17-15-30(23-6-4-3-5-19(17)23)14-16-7-10-21(26)22(27)11-16/h3-13,15H,14H2,1-2H3,(H,29,31)/b28-13-. The number of rotatable bonds is 7. The topological polar surface area (TPSA) is 64.8 Å². The number of amides is 1. The van der Waals surface area contributed by atoms with Gasteiger partial charge in [-0.15, -0.1) is 0 Å². The van der Waals surface area contributed by atoms with Gasteiger partial charge in [0.05, 0.1) is 36.0 Å². The molecule has 3 aromatic carbocycles. The van der Waals surface area contributed by atoms with Crippen LogP contribution in [-0.2, 0) is 6.54 Å². The molecule has 0 aliphatic heterocycles. The Labute approximate surface area is 201 Å². The van der Waals surface area contributed by atoms with Gasteiger partial charge >= 0.3 is 0 Å². The summed E-state index contributed by atoms with van der Waals surface area (Å²) in [4.78, 5) is 12.6. The number of halogens is 2. The molecule has 8 heteroatoms. The Morgan fingerprint density at radius 1 is 1.03 bits per heavy atom. The summed E-state index contributed by atoms with van der Waals surface area (Å²) in [5, 5.41) is 6.22. The Morgan fingerprint density at radius 3 is 2.61 bits per heavy atom. The van der Waals surface area contributed by atoms with Gasteiger partial charge in [0.15, 0.2) is 0 Å². The average Bonchev–Trinajstić information content (AvgIpc) is 3.18. The highest BCUT2D eigenvalue weighted by Crippen LogP contribution is 2.26. The molecule has 0 aliphatic carbocycles. The Hall–Kier alpha value is -3.48. The molecule has 33 heavy (non-hydrogen) atoms. The minimum absolute atomic E-state index is 0.359. The summed E-state index contributed by atoms with van der Waals surface area (Å²) in [7, 11) is 3.05. The molecule has 0 saturated carbocycles. The lowest BCUT2D eigenvalue weighted by Crippen LogP contribution is -2.18. The number of methoxy groups -OCH3 is 2. The van der Waals surface area contributed by atoms with Crippen molar-refractivity contribution >= 4 is 46.2 Å². The maximum Gasteiger partial charge on any atom is 0.275 e. The van der Waals surface area contributed by atoms with E-state index < -0.39 is 0 Å². The molecule has 1 amide bonds. The number of fused-ring (bicyclic) bond motifs is 1. The van der Waals surface area contributed by atoms with Crippen molar-refractivity contribution in [2.75, 3.05) is 14.2 Å². The number of benzene rings is 3. The van der Waals surface area contributed by atoms with Gasteiger partial charge < -0.3 is 14.0 Å². The van der Waals surface area contributed by atoms with Gasteiger partial charge in [-0.1, -0.05) is 47.5 Å². The monoisotopic (exact) mass is 481 g/mol. The molecule has 0 aliphatic rings. The summed E-state index contributed by atoms with van der Waals surface area (Å²) < 4.78 is 12.6. The molecular weight excluding hydrogens is 461 g/mol. The largest absolute Gasteiger partial charge is 0.497 e. The predicted molar refractivity (Wildman–Crippen MR) is 132 cm³/mol. The fourth-order valence-electron chi connectivity index (χ4n) is 3.55. The summed E-state index contributed by atoms with van der Waals surface area (Å²) in [6.07, 6.45) is 3.61. The van der Waals surface area contributed by atoms with Crippen LogP contribution in [0.15, 0.2) is 72.0 Å². The second-order valence-electron chi connectivity index (χ2n) is 7.24. The van der Waals surface area contributed by atoms with E-state index in [9.17, 15) is 4.79 Å². The number of carbonyl (C=O) groups excluding carboxylic acids is 1. The molecule has 4 rings (SSSR count). The van der Waals surface area contributed by atoms with E-state index in [0.29, 0.717) is 33.7 Å². The molecule has 6 nitrogen and oxygen atoms in total. The van der Waals surface area contributed by atoms with Gasteiger partial charge in [-0.2, -0.15) is 5.10 Å². The van der Waals surface area contributed by atoms with Crippen LogP contribution in [0.2, 0.25) is 10.0 Å². The molecule has 1 aromatic heterocycles. The zero-order valence-corrected chi connectivity index (χ0v) is 19.5. The molecule has 1 heterocycles. The van der Waals surface area contributed by atoms with Gasteiger partial charge in [0.2, 0.25) is 0 Å². The first kappa shape index (κ1) is 22.7. The summed E-state index contributed by atoms with van der Waals surface area (Å²) in [6.45, 7) is 0.612. The number of aromatic nitrogens is 1. The Kier molecular flexibility index (Phi) is 6.87. The lowest BCUT2D eigenvalue weighted by molar-refractivity contribution is 0.0952. The van der Waals surface area contributed by atoms with E-state index in [1.165, 1.54) is 7.11 Å². The fourth-order valence-corrected chi connectivity index (χ4v) is 3.87. The lowest BCUT2D eigenvalue weighted by atomic mass is 10.2. The van der Waals surface area contributed by atoms with Crippen LogP contribution in [0.4, 0.5) is 0 Å². The van der Waals surface area contributed by atoms with Gasteiger partial charge in [0.25, 0.3) is 5.91 Å². The third-order valence-corrected chi connectivity index (χ3v) is 5.92. The zero-order valence-electron chi connectivity index (χ0n) is 18.0. The molecule has 0 radical (unpaired) electrons. The maximum absolute atomic E-state index is 12.6. The SMILES string of the molecule is COc1ccc(C(=O)N/N=C\c2cn(Cc3ccc(Cl)c(Cl)c3)c3ccccc23)c(OC)c1. The third-order valence-electron chi connectivity index (χ3n) is 5.18. The fraction of sp³-hybridized carbons (Fsp3) is 0.120. The number of hydrogen-bond donors (Lipinski definition) is 1. The van der Waals surface area contributed by atoms with Gasteiger partial charge in [0, 0.05) is 35.3 Å². The van der Waals surface area contributed by atoms with Crippen LogP contribution in [0, 0.1) is 0 Å². The van der Waals surface area contributed by atoms with E-state index in [4.69, 9.17) is 32.7 Å². The van der Waals surface area contributed by atoms with E-state index in [0.717, 1.165) is 22.0 Å². The second kappa shape index (κ2) is 9.98. The van der Waals surface area contributed by atoms with E-state index in [2.05, 4.69) is 15.1 Å². The molecule has 168 valence electrons. The van der Waals surface area contributed by atoms with Crippen molar-refractivity contribution in [2.45, 2.75) is 6.54 Å². The van der Waals surface area contributed by atoms with E-state index in [1.807, 2.05) is 42.6 Å². The van der Waals surface area contributed by atoms with Gasteiger partial charge in [0.1, 0.15) is 11.5 Å². The van der Waals surface area contributed by atoms with E-state index in [1.54, 1.807) is 37.6 Å². The summed E-state index contributed by atoms with van der Waals surface area (Å²) >= 11 is 12.2. The summed E-state index contributed by atoms with van der Waals surface area (Å²) in [6, 6.07) is 18.5. The number of hydrogen-bond acceptors (Lipinski definition) is 4. The number of carbonyl (C=O) groups is 1. The number of ether oxygens (including phenoxy) is 2. The van der Waals surface area contributed by atoms with Crippen LogP contribution in [0.1, 0.15) is 21.5 Å². The van der Waals surface area contributed by atoms with Crippen LogP contribution < -0.4 is 14.9 Å². The van der Waals surface area contributed by atoms with Gasteiger partial charge in [-0.25, -0.2) is 5.43 Å². The molecular formula is C25H21Cl2N3O3. The third kappa shape index (κ3) is 4.97. The molecule has 0 bridgehead atoms. The van der Waals surface area contributed by atoms with Crippen LogP contribution in [0.5, 0.6) is 11.5 Å². The molecule has 0 fully saturated rings. The average molecular weight is 482 g/mol. The molecule has 1 N–H and O–H groups in total. The minimum Gasteiger partial charge on any atom is -0.497 e. The van der Waals surface area contributed by atoms with Crippen LogP contribution in [0.3, 0.4) is 0 Å². The molecule has 0 saturated heterocycles. The van der Waals surface area contributed by atoms with Crippen LogP contribution in [-0.4, -0.2) is 30.9 Å². The van der Waals surface area contributed by atoms with Crippen LogP contribution >= 0.6 is 23.2 Å². The summed E-state index contributed by atoms with van der Waals surface area (Å²) in [5.74, 6) is 0.618. The molecule has 0 spiro atoms. The second-order valence-corrected chi connectivity index (χ2v) is 8.06. The summed E-state index contributed by atoms with van der Waals surface area (Å²) in [5.41, 5.74) is 5.85. The highest BCUT2D eigenvalue weighted by atomic mass is 35.5. The van der Waals surface area contributed by atoms with E-state index >= 15 is 0 Å². The quantitative estimate of drug-likeness (QED) is 0.268. The van der Waals surface area contributed by atoms with Crippen molar-refractivity contribution in [3.8, 4) is 11.5 Å². The zero-order chi connectivity index (χ0) is 23.4. The predicted octanol–water partition coefficient (Wildman–Crippen LogP) is 5.78. The van der Waals surface area contributed by atoms with Gasteiger partial charge in [-0.3, -0.25) is 4.79 Å². The van der Waals surface area contributed by atoms with Crippen molar-refractivity contribution in [2.24, 2.45) is 5.10 Å². The Morgan fingerprint density at radius 2 is 1.85 bits per heavy atom. The molecule has 4 aromatic rings. The van der Waals surface area contributed by atoms with Crippen molar-refractivity contribution in [1.82, 2.24) is 9.99 Å². The van der Waals surface area contributed by atoms with Gasteiger partial charge in [-0.05, 0) is 35.9 Å². The van der Waals surface area contributed by atoms with Crippen molar-refractivity contribution in [3.05, 3.63) is 93.6 Å². The number of para-hydroxylation sites is 1. The number of nitrogens with one attached hydrogen (secondary N) is 1. The Bertz CT molecular complexity index is 1350. The van der Waals surface area contributed by atoms with Crippen molar-refractivity contribution < 1.29 is 14.3 Å². The van der Waals surface area contributed by atoms with Crippen molar-refractivity contribution in [3.63, 3.8) is 0 Å². The lowest BCUT2D eigenvalue weighted by Gasteiger charge is -2.08. The normalized spacial score (nSPS) is 11.2. The maximum atomic E-state index is 12.6. The first-order valence-electron chi connectivity index (χ1n) is 10.1. The van der Waals surface area contributed by atoms with Crippen LogP contribution in [0.25, 0.3) is 10.9 Å². The highest BCUT2D eigenvalue weighted by molar-refractivity contribution is 6.42. The number of hydrazone groups is 1. The van der Waals surface area contributed by atoms with E-state index in [-0.39, 0.29) is 5.91 Å². The highest BCUT2D eigenvalue weighted by Gasteiger charge is 2.13. The smallest absolute Gasteiger partial charge is 0.275 e. The van der Waals surface area contributed by atoms with Crippen molar-refractivity contribution in [1.29, 1.82) is 0 Å². The first-order valence-corrected chi connectivity index (χ1v) is 10.8. The number of nitrogens with zero attached hydrogens (tertiary/aromatic N) is 2. The minimum atomic E-state index is -0.384.